The first-order valence-corrected chi connectivity index (χ1v) is 11.6. The maximum atomic E-state index is 13.3. The lowest BCUT2D eigenvalue weighted by molar-refractivity contribution is 0.0505. The van der Waals surface area contributed by atoms with Gasteiger partial charge in [-0.05, 0) is 55.6 Å². The molecule has 1 spiro atoms. The molecule has 0 unspecified atom stereocenters. The molecule has 8 nitrogen and oxygen atoms in total. The van der Waals surface area contributed by atoms with Crippen LogP contribution in [0.1, 0.15) is 53.1 Å². The number of hydrogen-bond acceptors (Lipinski definition) is 5. The van der Waals surface area contributed by atoms with E-state index in [1.165, 1.54) is 12.8 Å². The van der Waals surface area contributed by atoms with Gasteiger partial charge in [0.25, 0.3) is 11.8 Å². The van der Waals surface area contributed by atoms with Gasteiger partial charge in [-0.2, -0.15) is 0 Å². The topological polar surface area (TPSA) is 80.6 Å². The van der Waals surface area contributed by atoms with Gasteiger partial charge in [-0.25, -0.2) is 4.98 Å². The number of carbonyl (C=O) groups is 2. The Balaban J connectivity index is 1.26. The summed E-state index contributed by atoms with van der Waals surface area (Å²) in [7, 11) is 1.76. The molecule has 2 saturated heterocycles. The van der Waals surface area contributed by atoms with E-state index in [2.05, 4.69) is 10.1 Å². The highest BCUT2D eigenvalue weighted by molar-refractivity contribution is 5.94. The van der Waals surface area contributed by atoms with Crippen molar-refractivity contribution in [1.82, 2.24) is 24.6 Å². The van der Waals surface area contributed by atoms with E-state index in [0.29, 0.717) is 25.6 Å². The quantitative estimate of drug-likeness (QED) is 0.693. The molecule has 8 heteroatoms. The third kappa shape index (κ3) is 4.41. The van der Waals surface area contributed by atoms with Crippen molar-refractivity contribution in [2.24, 2.45) is 18.4 Å². The molecule has 1 atom stereocenters. The first-order valence-electron chi connectivity index (χ1n) is 11.6. The molecule has 1 aliphatic carbocycles. The molecule has 1 saturated carbocycles. The highest BCUT2D eigenvalue weighted by Crippen LogP contribution is 2.44. The third-order valence-corrected chi connectivity index (χ3v) is 7.16. The summed E-state index contributed by atoms with van der Waals surface area (Å²) in [6, 6.07) is 9.61. The summed E-state index contributed by atoms with van der Waals surface area (Å²) in [4.78, 5) is 34.1. The van der Waals surface area contributed by atoms with E-state index >= 15 is 0 Å². The van der Waals surface area contributed by atoms with E-state index in [0.717, 1.165) is 38.0 Å². The zero-order valence-corrected chi connectivity index (χ0v) is 18.7. The van der Waals surface area contributed by atoms with Crippen molar-refractivity contribution in [2.75, 3.05) is 32.8 Å². The number of hydrogen-bond donors (Lipinski definition) is 0. The van der Waals surface area contributed by atoms with Crippen LogP contribution < -0.4 is 0 Å². The van der Waals surface area contributed by atoms with Crippen LogP contribution in [0, 0.1) is 11.3 Å². The molecule has 5 rings (SSSR count). The molecule has 0 bridgehead atoms. The van der Waals surface area contributed by atoms with Gasteiger partial charge in [-0.15, -0.1) is 5.10 Å². The molecular formula is C24H31N5O3. The van der Waals surface area contributed by atoms with Gasteiger partial charge in [0.15, 0.2) is 0 Å². The molecule has 0 N–H and O–H groups in total. The van der Waals surface area contributed by atoms with Crippen molar-refractivity contribution in [3.63, 3.8) is 0 Å². The van der Waals surface area contributed by atoms with Gasteiger partial charge >= 0.3 is 0 Å². The Morgan fingerprint density at radius 3 is 2.50 bits per heavy atom. The highest BCUT2D eigenvalue weighted by atomic mass is 16.5. The number of amides is 2. The summed E-state index contributed by atoms with van der Waals surface area (Å²) in [5.41, 5.74) is 0.761. The minimum absolute atomic E-state index is 0.0341. The Morgan fingerprint density at radius 1 is 1.09 bits per heavy atom. The van der Waals surface area contributed by atoms with Crippen molar-refractivity contribution >= 4 is 11.8 Å². The fourth-order valence-corrected chi connectivity index (χ4v) is 5.08. The fraction of sp³-hybridized carbons (Fsp3) is 0.583. The smallest absolute Gasteiger partial charge is 0.293 e. The maximum Gasteiger partial charge on any atom is 0.293 e. The van der Waals surface area contributed by atoms with Gasteiger partial charge < -0.3 is 14.5 Å². The van der Waals surface area contributed by atoms with Crippen LogP contribution in [0.15, 0.2) is 36.7 Å². The monoisotopic (exact) mass is 437 g/mol. The van der Waals surface area contributed by atoms with Crippen LogP contribution in [0.3, 0.4) is 0 Å². The molecule has 32 heavy (non-hydrogen) atoms. The molecular weight excluding hydrogens is 406 g/mol. The van der Waals surface area contributed by atoms with Crippen molar-refractivity contribution in [3.8, 4) is 0 Å². The molecule has 2 aliphatic heterocycles. The predicted octanol–water partition coefficient (Wildman–Crippen LogP) is 2.38. The normalized spacial score (nSPS) is 22.5. The summed E-state index contributed by atoms with van der Waals surface area (Å²) < 4.78 is 7.58. The van der Waals surface area contributed by atoms with Crippen LogP contribution in [0.5, 0.6) is 0 Å². The summed E-state index contributed by atoms with van der Waals surface area (Å²) in [5.74, 6) is 0.930. The Hall–Kier alpha value is -2.74. The predicted molar refractivity (Wildman–Crippen MR) is 118 cm³/mol. The van der Waals surface area contributed by atoms with E-state index in [9.17, 15) is 9.59 Å². The zero-order chi connectivity index (χ0) is 22.1. The molecule has 2 amide bonds. The zero-order valence-electron chi connectivity index (χ0n) is 18.7. The van der Waals surface area contributed by atoms with Gasteiger partial charge in [0.05, 0.1) is 12.6 Å². The number of benzene rings is 1. The van der Waals surface area contributed by atoms with Crippen LogP contribution in [-0.4, -0.2) is 75.3 Å². The lowest BCUT2D eigenvalue weighted by Crippen LogP contribution is -2.45. The molecule has 1 aromatic heterocycles. The standard InChI is InChI=1S/C24H31N5O3/c1-27-17-25-21(26-27)23(31)28-11-9-24(10-12-28)13-20(15-32-14-18-7-8-18)29(16-24)22(30)19-5-3-2-4-6-19/h2-6,17-18,20H,7-16H2,1H3/t20-/m0/s1. The van der Waals surface area contributed by atoms with Crippen LogP contribution in [0.25, 0.3) is 0 Å². The number of nitrogens with zero attached hydrogens (tertiary/aromatic N) is 5. The second-order valence-electron chi connectivity index (χ2n) is 9.67. The minimum Gasteiger partial charge on any atom is -0.379 e. The van der Waals surface area contributed by atoms with Gasteiger partial charge in [-0.3, -0.25) is 14.3 Å². The number of likely N-dealkylation sites (tertiary alicyclic amines) is 2. The van der Waals surface area contributed by atoms with Crippen molar-refractivity contribution in [2.45, 2.75) is 38.1 Å². The summed E-state index contributed by atoms with van der Waals surface area (Å²) in [5, 5.41) is 4.15. The average molecular weight is 438 g/mol. The Bertz CT molecular complexity index is 963. The SMILES string of the molecule is Cn1cnc(C(=O)N2CCC3(CC2)C[C@@H](COCC2CC2)N(C(=O)c2ccccc2)C3)n1. The number of carbonyl (C=O) groups excluding carboxylic acids is 2. The minimum atomic E-state index is -0.111. The Morgan fingerprint density at radius 2 is 1.84 bits per heavy atom. The lowest BCUT2D eigenvalue weighted by Gasteiger charge is -2.38. The van der Waals surface area contributed by atoms with Crippen LogP contribution in [-0.2, 0) is 11.8 Å². The van der Waals surface area contributed by atoms with Crippen molar-refractivity contribution in [3.05, 3.63) is 48.0 Å². The molecule has 3 aliphatic rings. The Labute approximate surface area is 188 Å². The average Bonchev–Trinajstić information content (AvgIpc) is 3.43. The molecule has 3 heterocycles. The largest absolute Gasteiger partial charge is 0.379 e. The second-order valence-corrected chi connectivity index (χ2v) is 9.67. The first-order chi connectivity index (χ1) is 15.5. The molecule has 170 valence electrons. The third-order valence-electron chi connectivity index (χ3n) is 7.16. The van der Waals surface area contributed by atoms with E-state index in [1.54, 1.807) is 18.1 Å². The van der Waals surface area contributed by atoms with Crippen LogP contribution in [0.4, 0.5) is 0 Å². The molecule has 3 fully saturated rings. The second kappa shape index (κ2) is 8.65. The lowest BCUT2D eigenvalue weighted by atomic mass is 9.76. The number of aryl methyl sites for hydroxylation is 1. The molecule has 0 radical (unpaired) electrons. The Kier molecular flexibility index (Phi) is 5.71. The van der Waals surface area contributed by atoms with E-state index in [4.69, 9.17) is 4.74 Å². The fourth-order valence-electron chi connectivity index (χ4n) is 5.08. The van der Waals surface area contributed by atoms with Crippen LogP contribution in [0.2, 0.25) is 0 Å². The highest BCUT2D eigenvalue weighted by Gasteiger charge is 2.48. The van der Waals surface area contributed by atoms with Crippen molar-refractivity contribution in [1.29, 1.82) is 0 Å². The molecule has 2 aromatic rings. The van der Waals surface area contributed by atoms with Crippen LogP contribution >= 0.6 is 0 Å². The van der Waals surface area contributed by atoms with Gasteiger partial charge in [-0.1, -0.05) is 18.2 Å². The van der Waals surface area contributed by atoms with Gasteiger partial charge in [0.1, 0.15) is 6.33 Å². The van der Waals surface area contributed by atoms with E-state index in [1.807, 2.05) is 40.1 Å². The van der Waals surface area contributed by atoms with Gasteiger partial charge in [0, 0.05) is 38.9 Å². The summed E-state index contributed by atoms with van der Waals surface area (Å²) >= 11 is 0. The van der Waals surface area contributed by atoms with Crippen molar-refractivity contribution < 1.29 is 14.3 Å². The maximum absolute atomic E-state index is 13.3. The number of ether oxygens (including phenoxy) is 1. The number of aromatic nitrogens is 3. The van der Waals surface area contributed by atoms with E-state index < -0.39 is 0 Å². The van der Waals surface area contributed by atoms with Gasteiger partial charge in [0.2, 0.25) is 5.82 Å². The summed E-state index contributed by atoms with van der Waals surface area (Å²) in [6.07, 6.45) is 6.76. The number of rotatable bonds is 6. The first kappa shape index (κ1) is 21.1. The number of piperidine rings is 1. The summed E-state index contributed by atoms with van der Waals surface area (Å²) in [6.45, 7) is 3.45. The van der Waals surface area contributed by atoms with E-state index in [-0.39, 0.29) is 29.1 Å². The molecule has 1 aromatic carbocycles.